The Morgan fingerprint density at radius 2 is 1.90 bits per heavy atom. The summed E-state index contributed by atoms with van der Waals surface area (Å²) in [5.74, 6) is 1.12. The van der Waals surface area contributed by atoms with Crippen molar-refractivity contribution >= 4 is 0 Å². The van der Waals surface area contributed by atoms with Gasteiger partial charge in [-0.15, -0.1) is 0 Å². The first-order chi connectivity index (χ1) is 4.51. The summed E-state index contributed by atoms with van der Waals surface area (Å²) >= 11 is 0. The van der Waals surface area contributed by atoms with E-state index in [0.717, 1.165) is 12.2 Å². The molecule has 0 aromatic heterocycles. The van der Waals surface area contributed by atoms with Crippen LogP contribution in [-0.2, 0) is 4.74 Å². The normalized spacial score (nSPS) is 24.4. The topological polar surface area (TPSA) is 9.23 Å². The average Bonchev–Trinajstić information content (AvgIpc) is 1.79. The molecule has 0 spiro atoms. The molecular formula is C9H16O. The zero-order valence-electron chi connectivity index (χ0n) is 7.32. The Kier molecular flexibility index (Phi) is 1.76. The largest absolute Gasteiger partial charge is 0.493 e. The standard InChI is InChI=1S/C9H16O/c1-7-5-6-9(3,4)10-8(7)2/h5-6H2,1-4H3. The first-order valence-corrected chi connectivity index (χ1v) is 3.87. The molecule has 0 aromatic carbocycles. The summed E-state index contributed by atoms with van der Waals surface area (Å²) in [7, 11) is 0. The molecule has 0 aliphatic carbocycles. The van der Waals surface area contributed by atoms with Crippen molar-refractivity contribution < 1.29 is 4.74 Å². The van der Waals surface area contributed by atoms with E-state index in [0.29, 0.717) is 0 Å². The molecule has 0 amide bonds. The summed E-state index contributed by atoms with van der Waals surface area (Å²) in [5, 5.41) is 0. The van der Waals surface area contributed by atoms with Gasteiger partial charge in [0, 0.05) is 0 Å². The summed E-state index contributed by atoms with van der Waals surface area (Å²) in [4.78, 5) is 0. The highest BCUT2D eigenvalue weighted by Crippen LogP contribution is 2.30. The van der Waals surface area contributed by atoms with Gasteiger partial charge in [-0.1, -0.05) is 0 Å². The van der Waals surface area contributed by atoms with E-state index >= 15 is 0 Å². The number of ether oxygens (including phenoxy) is 1. The van der Waals surface area contributed by atoms with E-state index < -0.39 is 0 Å². The third kappa shape index (κ3) is 1.53. The maximum atomic E-state index is 5.67. The molecule has 0 bridgehead atoms. The molecule has 58 valence electrons. The quantitative estimate of drug-likeness (QED) is 0.502. The van der Waals surface area contributed by atoms with E-state index in [1.165, 1.54) is 12.0 Å². The molecule has 1 nitrogen and oxygen atoms in total. The van der Waals surface area contributed by atoms with Gasteiger partial charge in [-0.05, 0) is 46.1 Å². The number of hydrogen-bond donors (Lipinski definition) is 0. The monoisotopic (exact) mass is 140 g/mol. The summed E-state index contributed by atoms with van der Waals surface area (Å²) in [5.41, 5.74) is 1.48. The number of allylic oxidation sites excluding steroid dienone is 2. The third-order valence-electron chi connectivity index (χ3n) is 2.13. The van der Waals surface area contributed by atoms with Gasteiger partial charge < -0.3 is 4.74 Å². The molecule has 0 N–H and O–H groups in total. The molecule has 10 heavy (non-hydrogen) atoms. The SMILES string of the molecule is CC1=C(C)OC(C)(C)CC1. The van der Waals surface area contributed by atoms with Crippen LogP contribution in [-0.4, -0.2) is 5.60 Å². The second-order valence-corrected chi connectivity index (χ2v) is 3.70. The molecule has 0 fully saturated rings. The molecule has 0 atom stereocenters. The molecule has 1 rings (SSSR count). The van der Waals surface area contributed by atoms with Crippen LogP contribution in [0.15, 0.2) is 11.3 Å². The van der Waals surface area contributed by atoms with Crippen LogP contribution in [0.2, 0.25) is 0 Å². The lowest BCUT2D eigenvalue weighted by Crippen LogP contribution is -2.27. The fourth-order valence-corrected chi connectivity index (χ4v) is 1.22. The van der Waals surface area contributed by atoms with Gasteiger partial charge in [0.15, 0.2) is 0 Å². The minimum atomic E-state index is 0.0730. The van der Waals surface area contributed by atoms with Crippen LogP contribution in [0.1, 0.15) is 40.5 Å². The molecule has 1 aliphatic rings. The van der Waals surface area contributed by atoms with Crippen molar-refractivity contribution in [1.82, 2.24) is 0 Å². The third-order valence-corrected chi connectivity index (χ3v) is 2.13. The summed E-state index contributed by atoms with van der Waals surface area (Å²) in [6.45, 7) is 8.48. The molecule has 1 heteroatoms. The molecule has 0 saturated carbocycles. The Labute approximate surface area is 63.1 Å². The van der Waals surface area contributed by atoms with Gasteiger partial charge in [0.1, 0.15) is 5.60 Å². The number of rotatable bonds is 0. The Morgan fingerprint density at radius 3 is 2.30 bits per heavy atom. The Bertz CT molecular complexity index is 166. The summed E-state index contributed by atoms with van der Waals surface area (Å²) < 4.78 is 5.67. The van der Waals surface area contributed by atoms with Crippen LogP contribution in [0.3, 0.4) is 0 Å². The van der Waals surface area contributed by atoms with Crippen molar-refractivity contribution in [2.45, 2.75) is 46.1 Å². The first kappa shape index (κ1) is 7.64. The van der Waals surface area contributed by atoms with Crippen LogP contribution in [0, 0.1) is 0 Å². The predicted molar refractivity (Wildman–Crippen MR) is 42.8 cm³/mol. The predicted octanol–water partition coefficient (Wildman–Crippen LogP) is 2.87. The Morgan fingerprint density at radius 1 is 1.30 bits per heavy atom. The fourth-order valence-electron chi connectivity index (χ4n) is 1.22. The van der Waals surface area contributed by atoms with E-state index in [-0.39, 0.29) is 5.60 Å². The highest BCUT2D eigenvalue weighted by atomic mass is 16.5. The van der Waals surface area contributed by atoms with E-state index in [1.807, 2.05) is 0 Å². The van der Waals surface area contributed by atoms with Gasteiger partial charge in [-0.3, -0.25) is 0 Å². The maximum absolute atomic E-state index is 5.67. The van der Waals surface area contributed by atoms with Crippen molar-refractivity contribution in [2.24, 2.45) is 0 Å². The highest BCUT2D eigenvalue weighted by Gasteiger charge is 2.24. The van der Waals surface area contributed by atoms with Crippen molar-refractivity contribution in [2.75, 3.05) is 0 Å². The molecule has 0 radical (unpaired) electrons. The van der Waals surface area contributed by atoms with Gasteiger partial charge >= 0.3 is 0 Å². The molecule has 0 unspecified atom stereocenters. The molecule has 1 heterocycles. The number of hydrogen-bond acceptors (Lipinski definition) is 1. The highest BCUT2D eigenvalue weighted by molar-refractivity contribution is 5.08. The van der Waals surface area contributed by atoms with Crippen molar-refractivity contribution in [1.29, 1.82) is 0 Å². The Hall–Kier alpha value is -0.460. The zero-order chi connectivity index (χ0) is 7.78. The van der Waals surface area contributed by atoms with Crippen LogP contribution in [0.4, 0.5) is 0 Å². The van der Waals surface area contributed by atoms with Crippen LogP contribution < -0.4 is 0 Å². The second kappa shape index (κ2) is 2.30. The zero-order valence-corrected chi connectivity index (χ0v) is 7.32. The molecule has 1 aliphatic heterocycles. The lowest BCUT2D eigenvalue weighted by atomic mass is 9.95. The minimum Gasteiger partial charge on any atom is -0.493 e. The lowest BCUT2D eigenvalue weighted by molar-refractivity contribution is 0.0138. The second-order valence-electron chi connectivity index (χ2n) is 3.70. The molecular weight excluding hydrogens is 124 g/mol. The lowest BCUT2D eigenvalue weighted by Gasteiger charge is -2.32. The average molecular weight is 140 g/mol. The van der Waals surface area contributed by atoms with E-state index in [9.17, 15) is 0 Å². The Balaban J connectivity index is 2.72. The van der Waals surface area contributed by atoms with Gasteiger partial charge in [0.25, 0.3) is 0 Å². The van der Waals surface area contributed by atoms with Crippen molar-refractivity contribution in [3.8, 4) is 0 Å². The fraction of sp³-hybridized carbons (Fsp3) is 0.778. The smallest absolute Gasteiger partial charge is 0.103 e. The first-order valence-electron chi connectivity index (χ1n) is 3.87. The molecule has 0 aromatic rings. The maximum Gasteiger partial charge on any atom is 0.103 e. The van der Waals surface area contributed by atoms with Crippen molar-refractivity contribution in [3.63, 3.8) is 0 Å². The van der Waals surface area contributed by atoms with Gasteiger partial charge in [-0.25, -0.2) is 0 Å². The van der Waals surface area contributed by atoms with E-state index in [2.05, 4.69) is 27.7 Å². The van der Waals surface area contributed by atoms with Gasteiger partial charge in [0.05, 0.1) is 5.76 Å². The van der Waals surface area contributed by atoms with E-state index in [4.69, 9.17) is 4.74 Å². The van der Waals surface area contributed by atoms with Crippen LogP contribution in [0.25, 0.3) is 0 Å². The minimum absolute atomic E-state index is 0.0730. The summed E-state index contributed by atoms with van der Waals surface area (Å²) in [6, 6.07) is 0. The van der Waals surface area contributed by atoms with Gasteiger partial charge in [-0.2, -0.15) is 0 Å². The van der Waals surface area contributed by atoms with Crippen LogP contribution >= 0.6 is 0 Å². The summed E-state index contributed by atoms with van der Waals surface area (Å²) in [6.07, 6.45) is 2.34. The van der Waals surface area contributed by atoms with Crippen LogP contribution in [0.5, 0.6) is 0 Å². The van der Waals surface area contributed by atoms with Gasteiger partial charge in [0.2, 0.25) is 0 Å². The molecule has 0 saturated heterocycles. The van der Waals surface area contributed by atoms with E-state index in [1.54, 1.807) is 0 Å². The van der Waals surface area contributed by atoms with Crippen molar-refractivity contribution in [3.05, 3.63) is 11.3 Å².